The maximum atomic E-state index is 5.47. The lowest BCUT2D eigenvalue weighted by atomic mass is 10.00. The summed E-state index contributed by atoms with van der Waals surface area (Å²) < 4.78 is 10.7. The average Bonchev–Trinajstić information content (AvgIpc) is 2.93. The van der Waals surface area contributed by atoms with Gasteiger partial charge in [-0.15, -0.1) is 0 Å². The molecule has 2 aliphatic heterocycles. The third-order valence-electron chi connectivity index (χ3n) is 3.95. The molecule has 1 saturated heterocycles. The number of hydrogen-bond acceptors (Lipinski definition) is 3. The van der Waals surface area contributed by atoms with E-state index < -0.39 is 0 Å². The first kappa shape index (κ1) is 13.5. The highest BCUT2D eigenvalue weighted by Crippen LogP contribution is 2.32. The van der Waals surface area contributed by atoms with Crippen LogP contribution in [-0.2, 0) is 6.54 Å². The second-order valence-electron chi connectivity index (χ2n) is 5.52. The van der Waals surface area contributed by atoms with Crippen LogP contribution in [0.25, 0.3) is 0 Å². The molecule has 5 heteroatoms. The van der Waals surface area contributed by atoms with Crippen molar-refractivity contribution < 1.29 is 9.47 Å². The second kappa shape index (κ2) is 5.87. The molecule has 1 N–H and O–H groups in total. The first-order valence-electron chi connectivity index (χ1n) is 7.13. The van der Waals surface area contributed by atoms with E-state index >= 15 is 0 Å². The molecule has 0 aliphatic carbocycles. The van der Waals surface area contributed by atoms with Crippen LogP contribution in [0.3, 0.4) is 0 Å². The summed E-state index contributed by atoms with van der Waals surface area (Å²) in [5.74, 6) is 2.46. The van der Waals surface area contributed by atoms with Crippen molar-refractivity contribution >= 4 is 17.3 Å². The summed E-state index contributed by atoms with van der Waals surface area (Å²) in [6, 6.07) is 6.00. The fourth-order valence-corrected chi connectivity index (χ4v) is 2.81. The number of benzene rings is 1. The molecule has 1 aromatic rings. The maximum absolute atomic E-state index is 5.47. The Morgan fingerprint density at radius 1 is 1.30 bits per heavy atom. The van der Waals surface area contributed by atoms with Gasteiger partial charge < -0.3 is 19.7 Å². The monoisotopic (exact) mass is 292 g/mol. The van der Waals surface area contributed by atoms with Crippen molar-refractivity contribution in [3.05, 3.63) is 23.8 Å². The van der Waals surface area contributed by atoms with Gasteiger partial charge in [-0.05, 0) is 48.7 Å². The largest absolute Gasteiger partial charge is 0.454 e. The van der Waals surface area contributed by atoms with Crippen molar-refractivity contribution in [1.29, 1.82) is 0 Å². The number of hydrogen-bond donors (Lipinski definition) is 1. The van der Waals surface area contributed by atoms with Crippen molar-refractivity contribution in [3.8, 4) is 11.5 Å². The highest BCUT2D eigenvalue weighted by Gasteiger charge is 2.18. The molecular formula is C15H20N2O2S. The number of piperidine rings is 1. The lowest BCUT2D eigenvalue weighted by Gasteiger charge is -2.32. The van der Waals surface area contributed by atoms with Gasteiger partial charge in [0.05, 0.1) is 0 Å². The topological polar surface area (TPSA) is 33.7 Å². The zero-order valence-corrected chi connectivity index (χ0v) is 12.5. The summed E-state index contributed by atoms with van der Waals surface area (Å²) in [5.41, 5.74) is 1.15. The first-order chi connectivity index (χ1) is 9.72. The van der Waals surface area contributed by atoms with Gasteiger partial charge in [0.25, 0.3) is 0 Å². The number of rotatable bonds is 2. The quantitative estimate of drug-likeness (QED) is 0.847. The van der Waals surface area contributed by atoms with Gasteiger partial charge in [0.15, 0.2) is 16.6 Å². The molecule has 1 aromatic carbocycles. The highest BCUT2D eigenvalue weighted by atomic mass is 32.1. The molecule has 0 spiro atoms. The van der Waals surface area contributed by atoms with Crippen molar-refractivity contribution in [3.63, 3.8) is 0 Å². The zero-order chi connectivity index (χ0) is 13.9. The Morgan fingerprint density at radius 2 is 2.05 bits per heavy atom. The van der Waals surface area contributed by atoms with Crippen molar-refractivity contribution in [2.24, 2.45) is 5.92 Å². The zero-order valence-electron chi connectivity index (χ0n) is 11.7. The van der Waals surface area contributed by atoms with Gasteiger partial charge in [-0.25, -0.2) is 0 Å². The first-order valence-corrected chi connectivity index (χ1v) is 7.54. The maximum Gasteiger partial charge on any atom is 0.231 e. The van der Waals surface area contributed by atoms with E-state index in [1.807, 2.05) is 18.2 Å². The molecule has 20 heavy (non-hydrogen) atoms. The lowest BCUT2D eigenvalue weighted by molar-refractivity contribution is 0.174. The number of likely N-dealkylation sites (tertiary alicyclic amines) is 1. The van der Waals surface area contributed by atoms with Gasteiger partial charge in [0.1, 0.15) is 0 Å². The van der Waals surface area contributed by atoms with Crippen LogP contribution in [0.1, 0.15) is 25.3 Å². The van der Waals surface area contributed by atoms with Gasteiger partial charge in [-0.3, -0.25) is 0 Å². The number of nitrogens with one attached hydrogen (secondary N) is 1. The van der Waals surface area contributed by atoms with E-state index in [0.717, 1.165) is 47.7 Å². The molecule has 0 radical (unpaired) electrons. The van der Waals surface area contributed by atoms with Gasteiger partial charge in [0, 0.05) is 19.6 Å². The fraction of sp³-hybridized carbons (Fsp3) is 0.533. The van der Waals surface area contributed by atoms with Crippen LogP contribution in [-0.4, -0.2) is 29.9 Å². The summed E-state index contributed by atoms with van der Waals surface area (Å²) in [6.45, 7) is 5.47. The molecule has 0 aromatic heterocycles. The van der Waals surface area contributed by atoms with Gasteiger partial charge in [-0.1, -0.05) is 13.0 Å². The van der Waals surface area contributed by atoms with Crippen LogP contribution in [0.15, 0.2) is 18.2 Å². The van der Waals surface area contributed by atoms with E-state index in [1.54, 1.807) is 0 Å². The molecule has 2 aliphatic rings. The minimum absolute atomic E-state index is 0.316. The average molecular weight is 292 g/mol. The van der Waals surface area contributed by atoms with E-state index in [2.05, 4.69) is 17.1 Å². The van der Waals surface area contributed by atoms with Crippen molar-refractivity contribution in [2.75, 3.05) is 19.9 Å². The summed E-state index contributed by atoms with van der Waals surface area (Å²) in [5, 5.41) is 4.19. The molecule has 0 saturated carbocycles. The van der Waals surface area contributed by atoms with Crippen LogP contribution in [0, 0.1) is 5.92 Å². The predicted octanol–water partition coefficient (Wildman–Crippen LogP) is 2.52. The third kappa shape index (κ3) is 2.98. The van der Waals surface area contributed by atoms with E-state index in [4.69, 9.17) is 21.7 Å². The second-order valence-corrected chi connectivity index (χ2v) is 5.90. The van der Waals surface area contributed by atoms with E-state index in [-0.39, 0.29) is 0 Å². The number of ether oxygens (including phenoxy) is 2. The Morgan fingerprint density at radius 3 is 2.85 bits per heavy atom. The SMILES string of the molecule is CC1CCN(C(=S)NCc2ccc3c(c2)OCO3)CC1. The molecule has 3 rings (SSSR count). The Hall–Kier alpha value is -1.49. The Kier molecular flexibility index (Phi) is 3.96. The number of nitrogens with zero attached hydrogens (tertiary/aromatic N) is 1. The van der Waals surface area contributed by atoms with Gasteiger partial charge in [-0.2, -0.15) is 0 Å². The third-order valence-corrected chi connectivity index (χ3v) is 4.35. The van der Waals surface area contributed by atoms with Crippen LogP contribution in [0.4, 0.5) is 0 Å². The summed E-state index contributed by atoms with van der Waals surface area (Å²) in [7, 11) is 0. The molecule has 1 fully saturated rings. The van der Waals surface area contributed by atoms with Crippen molar-refractivity contribution in [1.82, 2.24) is 10.2 Å². The standard InChI is InChI=1S/C15H20N2O2S/c1-11-4-6-17(7-5-11)15(20)16-9-12-2-3-13-14(8-12)19-10-18-13/h2-3,8,11H,4-7,9-10H2,1H3,(H,16,20). The molecule has 0 atom stereocenters. The summed E-state index contributed by atoms with van der Waals surface area (Å²) in [6.07, 6.45) is 2.46. The molecule has 2 heterocycles. The van der Waals surface area contributed by atoms with Crippen LogP contribution in [0.5, 0.6) is 11.5 Å². The molecule has 4 nitrogen and oxygen atoms in total. The molecular weight excluding hydrogens is 272 g/mol. The van der Waals surface area contributed by atoms with Gasteiger partial charge in [0.2, 0.25) is 6.79 Å². The van der Waals surface area contributed by atoms with E-state index in [1.165, 1.54) is 12.8 Å². The predicted molar refractivity (Wildman–Crippen MR) is 82.0 cm³/mol. The molecule has 0 bridgehead atoms. The summed E-state index contributed by atoms with van der Waals surface area (Å²) in [4.78, 5) is 2.27. The minimum Gasteiger partial charge on any atom is -0.454 e. The molecule has 0 amide bonds. The van der Waals surface area contributed by atoms with E-state index in [9.17, 15) is 0 Å². The van der Waals surface area contributed by atoms with E-state index in [0.29, 0.717) is 6.79 Å². The number of fused-ring (bicyclic) bond motifs is 1. The van der Waals surface area contributed by atoms with Crippen LogP contribution >= 0.6 is 12.2 Å². The highest BCUT2D eigenvalue weighted by molar-refractivity contribution is 7.80. The minimum atomic E-state index is 0.316. The Labute approximate surface area is 125 Å². The van der Waals surface area contributed by atoms with Gasteiger partial charge >= 0.3 is 0 Å². The van der Waals surface area contributed by atoms with Crippen molar-refractivity contribution in [2.45, 2.75) is 26.3 Å². The normalized spacial score (nSPS) is 18.1. The Bertz CT molecular complexity index is 499. The molecule has 0 unspecified atom stereocenters. The van der Waals surface area contributed by atoms with Crippen LogP contribution in [0.2, 0.25) is 0 Å². The smallest absolute Gasteiger partial charge is 0.231 e. The lowest BCUT2D eigenvalue weighted by Crippen LogP contribution is -2.43. The summed E-state index contributed by atoms with van der Waals surface area (Å²) >= 11 is 5.47. The molecule has 108 valence electrons. The number of thiocarbonyl (C=S) groups is 1. The van der Waals surface area contributed by atoms with Crippen LogP contribution < -0.4 is 14.8 Å². The fourth-order valence-electron chi connectivity index (χ4n) is 2.55. The Balaban J connectivity index is 1.53.